The molecule has 1 aromatic heterocycles. The Morgan fingerprint density at radius 3 is 2.31 bits per heavy atom. The summed E-state index contributed by atoms with van der Waals surface area (Å²) in [5.41, 5.74) is 3.84. The molecule has 1 saturated heterocycles. The van der Waals surface area contributed by atoms with E-state index in [4.69, 9.17) is 14.4 Å². The Kier molecular flexibility index (Phi) is 12.5. The molecule has 0 aliphatic carbocycles. The smallest absolute Gasteiger partial charge is 0.430 e. The summed E-state index contributed by atoms with van der Waals surface area (Å²) < 4.78 is 37.4. The Hall–Kier alpha value is -5.77. The lowest BCUT2D eigenvalue weighted by Crippen LogP contribution is -2.51. The quantitative estimate of drug-likeness (QED) is 0.185. The maximum atomic E-state index is 13.6. The zero-order valence-electron chi connectivity index (χ0n) is 27.8. The van der Waals surface area contributed by atoms with Crippen molar-refractivity contribution in [3.05, 3.63) is 89.8 Å². The van der Waals surface area contributed by atoms with Crippen LogP contribution in [0.25, 0.3) is 11.4 Å². The summed E-state index contributed by atoms with van der Waals surface area (Å²) >= 11 is 0. The largest absolute Gasteiger partial charge is 0.542 e. The summed E-state index contributed by atoms with van der Waals surface area (Å²) in [6, 6.07) is 19.3. The molecule has 1 aliphatic heterocycles. The molecule has 1 aliphatic rings. The number of carbonyl (C=O) groups excluding carboxylic acids is 3. The van der Waals surface area contributed by atoms with Gasteiger partial charge in [0.05, 0.1) is 19.3 Å². The molecular formula is C35H37F3N6O7. The average Bonchev–Trinajstić information content (AvgIpc) is 3.55. The van der Waals surface area contributed by atoms with E-state index in [-0.39, 0.29) is 17.9 Å². The number of hydrogen-bond donors (Lipinski definition) is 4. The number of nitrogens with zero attached hydrogens (tertiary/aromatic N) is 4. The van der Waals surface area contributed by atoms with Gasteiger partial charge in [-0.2, -0.15) is 18.2 Å². The molecule has 270 valence electrons. The van der Waals surface area contributed by atoms with E-state index in [0.29, 0.717) is 47.8 Å². The normalized spacial score (nSPS) is 17.2. The van der Waals surface area contributed by atoms with Crippen molar-refractivity contribution in [1.29, 1.82) is 0 Å². The second-order valence-corrected chi connectivity index (χ2v) is 12.2. The van der Waals surface area contributed by atoms with Gasteiger partial charge in [0.15, 0.2) is 0 Å². The van der Waals surface area contributed by atoms with Crippen molar-refractivity contribution in [2.24, 2.45) is 4.99 Å². The molecule has 0 radical (unpaired) electrons. The zero-order valence-corrected chi connectivity index (χ0v) is 27.8. The molecular weight excluding hydrogens is 673 g/mol. The Morgan fingerprint density at radius 1 is 1.02 bits per heavy atom. The number of aryl methyl sites for hydroxylation is 1. The highest BCUT2D eigenvalue weighted by Crippen LogP contribution is 2.23. The molecule has 1 unspecified atom stereocenters. The van der Waals surface area contributed by atoms with E-state index < -0.39 is 30.1 Å². The summed E-state index contributed by atoms with van der Waals surface area (Å²) in [7, 11) is 2.12. The first-order valence-electron chi connectivity index (χ1n) is 15.9. The van der Waals surface area contributed by atoms with Crippen molar-refractivity contribution < 1.29 is 51.9 Å². The number of carboxylic acids is 1. The van der Waals surface area contributed by atoms with Crippen LogP contribution in [0.2, 0.25) is 0 Å². The average molecular weight is 711 g/mol. The number of amides is 3. The van der Waals surface area contributed by atoms with Crippen LogP contribution in [0, 0.1) is 0 Å². The molecule has 51 heavy (non-hydrogen) atoms. The van der Waals surface area contributed by atoms with Crippen molar-refractivity contribution in [2.75, 3.05) is 25.5 Å². The number of carboxylic acid groups (broad SMARTS) is 1. The van der Waals surface area contributed by atoms with Crippen LogP contribution in [-0.2, 0) is 29.0 Å². The lowest BCUT2D eigenvalue weighted by Gasteiger charge is -2.38. The third kappa shape index (κ3) is 11.7. The lowest BCUT2D eigenvalue weighted by atomic mass is 10.0. The number of hydrogen-bond acceptors (Lipinski definition) is 9. The molecule has 2 heterocycles. The number of aliphatic imine (C=N–C) groups is 1. The minimum absolute atomic E-state index is 0.115. The van der Waals surface area contributed by atoms with Crippen LogP contribution in [-0.4, -0.2) is 80.8 Å². The molecule has 16 heteroatoms. The molecule has 4 N–H and O–H groups in total. The number of quaternary nitrogens is 1. The minimum atomic E-state index is -5.19. The number of halogens is 3. The number of urea groups is 1. The highest BCUT2D eigenvalue weighted by molar-refractivity contribution is 6.01. The van der Waals surface area contributed by atoms with Crippen molar-refractivity contribution in [3.8, 4) is 22.9 Å². The second-order valence-electron chi connectivity index (χ2n) is 12.2. The number of aromatic hydroxyl groups is 2. The van der Waals surface area contributed by atoms with Gasteiger partial charge in [-0.05, 0) is 60.5 Å². The number of anilines is 1. The molecule has 3 amide bonds. The van der Waals surface area contributed by atoms with E-state index in [9.17, 15) is 33.0 Å². The molecule has 0 spiro atoms. The summed E-state index contributed by atoms with van der Waals surface area (Å²) in [4.78, 5) is 44.3. The van der Waals surface area contributed by atoms with Crippen LogP contribution in [0.15, 0.2) is 82.3 Å². The number of aliphatic carboxylic acids is 1. The number of alkyl halides is 3. The van der Waals surface area contributed by atoms with Crippen molar-refractivity contribution in [1.82, 2.24) is 15.5 Å². The molecule has 4 aromatic rings. The highest BCUT2D eigenvalue weighted by atomic mass is 19.4. The SMILES string of the molecule is CCc1nc(-c2ccc(NC(=O)N[C@@H](Cc3ccc(O)cc3)C(=O)N=C3CCC[N+](C)(Cc4cccc(O)c4)C3)cc2)no1.O=C([O-])C(F)(F)F. The van der Waals surface area contributed by atoms with E-state index in [0.717, 1.165) is 35.4 Å². The number of phenols is 2. The van der Waals surface area contributed by atoms with Crippen LogP contribution in [0.4, 0.5) is 23.7 Å². The van der Waals surface area contributed by atoms with Crippen LogP contribution in [0.5, 0.6) is 11.5 Å². The third-order valence-electron chi connectivity index (χ3n) is 7.85. The first-order valence-corrected chi connectivity index (χ1v) is 15.9. The number of aromatic nitrogens is 2. The van der Waals surface area contributed by atoms with Gasteiger partial charge in [0.1, 0.15) is 36.6 Å². The molecule has 5 rings (SSSR count). The number of rotatable bonds is 9. The van der Waals surface area contributed by atoms with E-state index in [1.807, 2.05) is 19.1 Å². The standard InChI is InChI=1S/C33H36N6O5.C2HF3O2/c1-3-30-37-31(38-44-30)24-11-13-25(14-12-24)35-33(43)36-29(19-22-9-15-27(40)16-10-22)32(42)34-26-7-5-17-39(2,21-26)20-23-6-4-8-28(41)18-23;3-2(4,5)1(6)7/h4,6,8-16,18,29H,3,5,7,17,19-21H2,1-2H3,(H3-,35,36,38,40,41,43);(H,6,7)/t29-,39?;/m0./s1. The van der Waals surface area contributed by atoms with Gasteiger partial charge in [0, 0.05) is 36.1 Å². The molecule has 2 atom stereocenters. The van der Waals surface area contributed by atoms with Gasteiger partial charge in [0.25, 0.3) is 5.91 Å². The van der Waals surface area contributed by atoms with Crippen LogP contribution >= 0.6 is 0 Å². The van der Waals surface area contributed by atoms with Crippen LogP contribution in [0.3, 0.4) is 0 Å². The third-order valence-corrected chi connectivity index (χ3v) is 7.85. The van der Waals surface area contributed by atoms with E-state index in [1.165, 1.54) is 0 Å². The fourth-order valence-corrected chi connectivity index (χ4v) is 5.43. The molecule has 0 bridgehead atoms. The van der Waals surface area contributed by atoms with Gasteiger partial charge in [-0.1, -0.05) is 36.3 Å². The number of carbonyl (C=O) groups is 3. The monoisotopic (exact) mass is 710 g/mol. The Labute approximate surface area is 291 Å². The molecule has 0 saturated carbocycles. The zero-order chi connectivity index (χ0) is 37.2. The number of phenolic OH excluding ortho intramolecular Hbond substituents is 2. The first kappa shape index (κ1) is 38.0. The summed E-state index contributed by atoms with van der Waals surface area (Å²) in [6.45, 7) is 4.14. The van der Waals surface area contributed by atoms with E-state index >= 15 is 0 Å². The highest BCUT2D eigenvalue weighted by Gasteiger charge is 2.31. The van der Waals surface area contributed by atoms with Crippen molar-refractivity contribution in [3.63, 3.8) is 0 Å². The maximum Gasteiger partial charge on any atom is 0.430 e. The number of piperidine rings is 1. The van der Waals surface area contributed by atoms with E-state index in [1.54, 1.807) is 60.7 Å². The fraction of sp³-hybridized carbons (Fsp3) is 0.314. The van der Waals surface area contributed by atoms with Crippen molar-refractivity contribution >= 4 is 29.3 Å². The predicted octanol–water partition coefficient (Wildman–Crippen LogP) is 4.15. The Morgan fingerprint density at radius 2 is 1.71 bits per heavy atom. The van der Waals surface area contributed by atoms with Crippen molar-refractivity contribution in [2.45, 2.75) is 51.4 Å². The summed E-state index contributed by atoms with van der Waals surface area (Å²) in [6.07, 6.45) is -2.78. The Balaban J connectivity index is 0.000000755. The maximum absolute atomic E-state index is 13.6. The molecule has 13 nitrogen and oxygen atoms in total. The van der Waals surface area contributed by atoms with Gasteiger partial charge in [-0.15, -0.1) is 0 Å². The van der Waals surface area contributed by atoms with Gasteiger partial charge in [-0.3, -0.25) is 4.79 Å². The summed E-state index contributed by atoms with van der Waals surface area (Å²) in [5, 5.41) is 37.9. The van der Waals surface area contributed by atoms with E-state index in [2.05, 4.69) is 32.8 Å². The number of nitrogens with one attached hydrogen (secondary N) is 2. The molecule has 3 aromatic carbocycles. The first-order chi connectivity index (χ1) is 24.1. The topological polar surface area (TPSA) is 190 Å². The van der Waals surface area contributed by atoms with Gasteiger partial charge in [0.2, 0.25) is 11.7 Å². The van der Waals surface area contributed by atoms with Crippen LogP contribution in [0.1, 0.15) is 36.8 Å². The van der Waals surface area contributed by atoms with Crippen LogP contribution < -0.4 is 15.7 Å². The lowest BCUT2D eigenvalue weighted by molar-refractivity contribution is -0.916. The summed E-state index contributed by atoms with van der Waals surface area (Å²) in [5.74, 6) is -2.09. The number of likely N-dealkylation sites (tertiary alicyclic amines) is 1. The van der Waals surface area contributed by atoms with Gasteiger partial charge >= 0.3 is 12.2 Å². The predicted molar refractivity (Wildman–Crippen MR) is 177 cm³/mol. The Bertz CT molecular complexity index is 1850. The minimum Gasteiger partial charge on any atom is -0.542 e. The second kappa shape index (κ2) is 16.8. The number of benzene rings is 3. The van der Waals surface area contributed by atoms with Gasteiger partial charge < -0.3 is 39.8 Å². The van der Waals surface area contributed by atoms with Gasteiger partial charge in [-0.25, -0.2) is 9.79 Å². The molecule has 1 fully saturated rings. The fourth-order valence-electron chi connectivity index (χ4n) is 5.43.